The standard InChI is InChI=1S/C18H25N5O/c1-4-12-14(18(24)23-22-15(12)5-2)10-19-17-13-8-6-7-9-16(13)20-11(3)21-17/h4-10H2,1-3H3,(H,23,24)(H,19,20,21). The molecular weight excluding hydrogens is 302 g/mol. The molecule has 1 aliphatic carbocycles. The summed E-state index contributed by atoms with van der Waals surface area (Å²) in [5, 5.41) is 10.2. The maximum absolute atomic E-state index is 12.3. The lowest BCUT2D eigenvalue weighted by molar-refractivity contribution is 0.659. The Morgan fingerprint density at radius 1 is 1.08 bits per heavy atom. The third kappa shape index (κ3) is 3.18. The molecule has 2 N–H and O–H groups in total. The van der Waals surface area contributed by atoms with Crippen molar-refractivity contribution in [1.29, 1.82) is 0 Å². The van der Waals surface area contributed by atoms with E-state index < -0.39 is 0 Å². The maximum Gasteiger partial charge on any atom is 0.269 e. The van der Waals surface area contributed by atoms with Crippen LogP contribution in [0.2, 0.25) is 0 Å². The number of rotatable bonds is 5. The smallest absolute Gasteiger partial charge is 0.269 e. The van der Waals surface area contributed by atoms with Crippen molar-refractivity contribution in [2.45, 2.75) is 65.8 Å². The Balaban J connectivity index is 1.92. The molecule has 0 saturated carbocycles. The molecule has 6 nitrogen and oxygen atoms in total. The number of nitrogens with one attached hydrogen (secondary N) is 2. The molecule has 2 aromatic rings. The normalized spacial score (nSPS) is 13.6. The quantitative estimate of drug-likeness (QED) is 0.881. The summed E-state index contributed by atoms with van der Waals surface area (Å²) in [5.74, 6) is 1.67. The third-order valence-corrected chi connectivity index (χ3v) is 4.70. The first kappa shape index (κ1) is 16.6. The molecule has 24 heavy (non-hydrogen) atoms. The highest BCUT2D eigenvalue weighted by molar-refractivity contribution is 5.48. The van der Waals surface area contributed by atoms with Gasteiger partial charge in [-0.05, 0) is 51.0 Å². The molecule has 0 unspecified atom stereocenters. The molecular formula is C18H25N5O. The fourth-order valence-corrected chi connectivity index (χ4v) is 3.50. The van der Waals surface area contributed by atoms with Crippen molar-refractivity contribution in [1.82, 2.24) is 20.2 Å². The lowest BCUT2D eigenvalue weighted by atomic mass is 9.96. The van der Waals surface area contributed by atoms with Crippen LogP contribution in [0.3, 0.4) is 0 Å². The van der Waals surface area contributed by atoms with Crippen LogP contribution in [0.15, 0.2) is 4.79 Å². The number of nitrogens with zero attached hydrogens (tertiary/aromatic N) is 3. The minimum atomic E-state index is -0.115. The zero-order chi connectivity index (χ0) is 17.1. The second-order valence-electron chi connectivity index (χ2n) is 6.27. The lowest BCUT2D eigenvalue weighted by Crippen LogP contribution is -2.23. The number of hydrogen-bond donors (Lipinski definition) is 2. The van der Waals surface area contributed by atoms with Gasteiger partial charge in [-0.2, -0.15) is 5.10 Å². The summed E-state index contributed by atoms with van der Waals surface area (Å²) in [6.45, 7) is 6.51. The second-order valence-corrected chi connectivity index (χ2v) is 6.27. The van der Waals surface area contributed by atoms with Crippen molar-refractivity contribution >= 4 is 5.82 Å². The number of anilines is 1. The lowest BCUT2D eigenvalue weighted by Gasteiger charge is -2.19. The van der Waals surface area contributed by atoms with E-state index in [4.69, 9.17) is 0 Å². The number of fused-ring (bicyclic) bond motifs is 1. The van der Waals surface area contributed by atoms with Gasteiger partial charge in [-0.1, -0.05) is 13.8 Å². The van der Waals surface area contributed by atoms with E-state index in [0.29, 0.717) is 6.54 Å². The van der Waals surface area contributed by atoms with Crippen LogP contribution in [0.4, 0.5) is 5.82 Å². The first-order valence-corrected chi connectivity index (χ1v) is 8.83. The number of aromatic nitrogens is 4. The fraction of sp³-hybridized carbons (Fsp3) is 0.556. The van der Waals surface area contributed by atoms with Gasteiger partial charge in [0.15, 0.2) is 0 Å². The van der Waals surface area contributed by atoms with E-state index in [1.54, 1.807) is 0 Å². The SMILES string of the molecule is CCc1n[nH]c(=O)c(CNc2nc(C)nc3c2CCCC3)c1CC. The summed E-state index contributed by atoms with van der Waals surface area (Å²) in [4.78, 5) is 21.4. The van der Waals surface area contributed by atoms with Gasteiger partial charge in [0.05, 0.1) is 5.69 Å². The van der Waals surface area contributed by atoms with Gasteiger partial charge < -0.3 is 5.32 Å². The minimum absolute atomic E-state index is 0.115. The molecule has 6 heteroatoms. The van der Waals surface area contributed by atoms with E-state index in [2.05, 4.69) is 39.3 Å². The van der Waals surface area contributed by atoms with E-state index in [0.717, 1.165) is 59.8 Å². The monoisotopic (exact) mass is 327 g/mol. The topological polar surface area (TPSA) is 83.6 Å². The van der Waals surface area contributed by atoms with Gasteiger partial charge >= 0.3 is 0 Å². The van der Waals surface area contributed by atoms with Crippen LogP contribution >= 0.6 is 0 Å². The van der Waals surface area contributed by atoms with Gasteiger partial charge in [0.25, 0.3) is 5.56 Å². The fourth-order valence-electron chi connectivity index (χ4n) is 3.50. The van der Waals surface area contributed by atoms with Crippen molar-refractivity contribution in [2.24, 2.45) is 0 Å². The highest BCUT2D eigenvalue weighted by Crippen LogP contribution is 2.25. The summed E-state index contributed by atoms with van der Waals surface area (Å²) in [5.41, 5.74) is 5.04. The zero-order valence-corrected chi connectivity index (χ0v) is 14.7. The molecule has 0 aliphatic heterocycles. The summed E-state index contributed by atoms with van der Waals surface area (Å²) < 4.78 is 0. The van der Waals surface area contributed by atoms with E-state index in [9.17, 15) is 4.79 Å². The highest BCUT2D eigenvalue weighted by Gasteiger charge is 2.18. The van der Waals surface area contributed by atoms with Gasteiger partial charge in [-0.25, -0.2) is 15.1 Å². The Hall–Kier alpha value is -2.24. The molecule has 3 rings (SSSR count). The molecule has 2 aromatic heterocycles. The molecule has 2 heterocycles. The summed E-state index contributed by atoms with van der Waals surface area (Å²) in [6.07, 6.45) is 6.00. The van der Waals surface area contributed by atoms with Gasteiger partial charge in [-0.15, -0.1) is 0 Å². The third-order valence-electron chi connectivity index (χ3n) is 4.70. The van der Waals surface area contributed by atoms with Crippen LogP contribution in [0.5, 0.6) is 0 Å². The largest absolute Gasteiger partial charge is 0.365 e. The molecule has 0 aromatic carbocycles. The molecule has 1 aliphatic rings. The van der Waals surface area contributed by atoms with Crippen molar-refractivity contribution in [3.05, 3.63) is 44.3 Å². The van der Waals surface area contributed by atoms with Crippen molar-refractivity contribution in [2.75, 3.05) is 5.32 Å². The van der Waals surface area contributed by atoms with Crippen LogP contribution < -0.4 is 10.9 Å². The summed E-state index contributed by atoms with van der Waals surface area (Å²) >= 11 is 0. The predicted octanol–water partition coefficient (Wildman–Crippen LogP) is 2.48. The van der Waals surface area contributed by atoms with Gasteiger partial charge in [-0.3, -0.25) is 4.79 Å². The number of aromatic amines is 1. The average Bonchev–Trinajstić information content (AvgIpc) is 2.59. The van der Waals surface area contributed by atoms with Crippen LogP contribution in [0.25, 0.3) is 0 Å². The Morgan fingerprint density at radius 3 is 2.62 bits per heavy atom. The highest BCUT2D eigenvalue weighted by atomic mass is 16.1. The van der Waals surface area contributed by atoms with Crippen LogP contribution in [0, 0.1) is 6.92 Å². The summed E-state index contributed by atoms with van der Waals surface area (Å²) in [6, 6.07) is 0. The Labute approximate surface area is 142 Å². The van der Waals surface area contributed by atoms with Crippen molar-refractivity contribution in [3.63, 3.8) is 0 Å². The van der Waals surface area contributed by atoms with E-state index >= 15 is 0 Å². The van der Waals surface area contributed by atoms with Crippen LogP contribution in [-0.2, 0) is 32.2 Å². The zero-order valence-electron chi connectivity index (χ0n) is 14.7. The molecule has 0 amide bonds. The summed E-state index contributed by atoms with van der Waals surface area (Å²) in [7, 11) is 0. The van der Waals surface area contributed by atoms with Gasteiger partial charge in [0.1, 0.15) is 11.6 Å². The molecule has 0 spiro atoms. The molecule has 128 valence electrons. The number of hydrogen-bond acceptors (Lipinski definition) is 5. The van der Waals surface area contributed by atoms with E-state index in [-0.39, 0.29) is 5.56 Å². The minimum Gasteiger partial charge on any atom is -0.365 e. The molecule has 0 atom stereocenters. The molecule has 0 saturated heterocycles. The average molecular weight is 327 g/mol. The van der Waals surface area contributed by atoms with Crippen LogP contribution in [0.1, 0.15) is 60.6 Å². The van der Waals surface area contributed by atoms with Crippen molar-refractivity contribution < 1.29 is 0 Å². The van der Waals surface area contributed by atoms with Crippen LogP contribution in [-0.4, -0.2) is 20.2 Å². The molecule has 0 radical (unpaired) electrons. The Morgan fingerprint density at radius 2 is 1.88 bits per heavy atom. The first-order chi connectivity index (χ1) is 11.6. The Bertz CT molecular complexity index is 797. The maximum atomic E-state index is 12.3. The van der Waals surface area contributed by atoms with E-state index in [1.165, 1.54) is 18.4 Å². The number of H-pyrrole nitrogens is 1. The van der Waals surface area contributed by atoms with E-state index in [1.807, 2.05) is 6.92 Å². The second kappa shape index (κ2) is 7.11. The predicted molar refractivity (Wildman–Crippen MR) is 94.4 cm³/mol. The Kier molecular flexibility index (Phi) is 4.92. The molecule has 0 fully saturated rings. The first-order valence-electron chi connectivity index (χ1n) is 8.83. The number of aryl methyl sites for hydroxylation is 3. The van der Waals surface area contributed by atoms with Gasteiger partial charge in [0.2, 0.25) is 0 Å². The van der Waals surface area contributed by atoms with Gasteiger partial charge in [0, 0.05) is 23.4 Å². The van der Waals surface area contributed by atoms with Crippen molar-refractivity contribution in [3.8, 4) is 0 Å². The molecule has 0 bridgehead atoms.